The number of pyridine rings is 2. The van der Waals surface area contributed by atoms with E-state index in [1.54, 1.807) is 12.4 Å². The smallest absolute Gasteiger partial charge is 0.0696 e. The Morgan fingerprint density at radius 3 is 1.76 bits per heavy atom. The van der Waals surface area contributed by atoms with Gasteiger partial charge >= 0.3 is 0 Å². The Bertz CT molecular complexity index is 3060. The van der Waals surface area contributed by atoms with E-state index in [2.05, 4.69) is 133 Å². The fourth-order valence-corrected chi connectivity index (χ4v) is 8.18. The molecule has 68 heavy (non-hydrogen) atoms. The van der Waals surface area contributed by atoms with Gasteiger partial charge in [0.05, 0.1) is 11.4 Å². The summed E-state index contributed by atoms with van der Waals surface area (Å²) in [5.41, 5.74) is 15.1. The third-order valence-electron chi connectivity index (χ3n) is 11.9. The average molecular weight is 1240 g/mol. The van der Waals surface area contributed by atoms with Crippen LogP contribution in [0.4, 0.5) is 11.4 Å². The molecule has 0 saturated heterocycles. The van der Waals surface area contributed by atoms with Crippen molar-refractivity contribution in [2.24, 2.45) is 9.98 Å². The molecule has 6 nitrogen and oxygen atoms in total. The fraction of sp³-hybridized carbons (Fsp3) is 0.100. The monoisotopic (exact) mass is 1240 g/mol. The normalized spacial score (nSPS) is 15.0. The zero-order chi connectivity index (χ0) is 45.4. The van der Waals surface area contributed by atoms with Gasteiger partial charge in [-0.3, -0.25) is 9.98 Å². The molecule has 0 unspecified atom stereocenters. The van der Waals surface area contributed by atoms with E-state index in [0.29, 0.717) is 0 Å². The van der Waals surface area contributed by atoms with Crippen molar-refractivity contribution in [1.82, 2.24) is 15.0 Å². The fourth-order valence-electron chi connectivity index (χ4n) is 8.18. The van der Waals surface area contributed by atoms with Crippen LogP contribution in [-0.2, 0) is 51.0 Å². The van der Waals surface area contributed by atoms with Gasteiger partial charge in [-0.05, 0) is 57.4 Å². The number of aliphatic imine (C=N–C) groups is 2. The molecular formula is C60H48Ir2N6-4. The van der Waals surface area contributed by atoms with Crippen molar-refractivity contribution < 1.29 is 40.2 Å². The first-order valence-electron chi connectivity index (χ1n) is 22.1. The van der Waals surface area contributed by atoms with Crippen LogP contribution < -0.4 is 4.98 Å². The van der Waals surface area contributed by atoms with Gasteiger partial charge < -0.3 is 20.3 Å². The van der Waals surface area contributed by atoms with E-state index in [4.69, 9.17) is 10.3 Å². The minimum absolute atomic E-state index is 0. The Kier molecular flexibility index (Phi) is 16.0. The van der Waals surface area contributed by atoms with Gasteiger partial charge in [-0.2, -0.15) is 6.20 Å². The van der Waals surface area contributed by atoms with Crippen LogP contribution in [0, 0.1) is 12.1 Å². The van der Waals surface area contributed by atoms with Crippen LogP contribution in [0.1, 0.15) is 55.6 Å². The Morgan fingerprint density at radius 1 is 0.544 bits per heavy atom. The number of benzene rings is 6. The number of allylic oxidation sites excluding steroid dienone is 2. The quantitative estimate of drug-likeness (QED) is 0.165. The first kappa shape index (κ1) is 49.0. The summed E-state index contributed by atoms with van der Waals surface area (Å²) in [5, 5.41) is 7.22. The van der Waals surface area contributed by atoms with E-state index in [1.807, 2.05) is 134 Å². The zero-order valence-electron chi connectivity index (χ0n) is 38.1. The molecule has 3 aliphatic heterocycles. The van der Waals surface area contributed by atoms with Crippen molar-refractivity contribution in [2.45, 2.75) is 38.5 Å². The third-order valence-corrected chi connectivity index (χ3v) is 11.9. The van der Waals surface area contributed by atoms with E-state index in [1.165, 1.54) is 33.0 Å². The molecular weight excluding hydrogens is 1190 g/mol. The molecule has 6 aromatic carbocycles. The average Bonchev–Trinajstić information content (AvgIpc) is 4.12. The Balaban J connectivity index is 0.000000138. The van der Waals surface area contributed by atoms with Gasteiger partial charge in [0.2, 0.25) is 0 Å². The van der Waals surface area contributed by atoms with Crippen LogP contribution >= 0.6 is 0 Å². The SMILES string of the molecule is C1=NC(=Cc2[n-]cc3ccccc23)c2ccccc21.CC1(C)C(C=C2[N-]c3ccccc3C2(C)C)=Nc2ccccc21.[Ir].[Ir].[c-]1ccccc1-c1ccccn1.[c-]1ccccc1-c1ccccn1. The van der Waals surface area contributed by atoms with Gasteiger partial charge in [0, 0.05) is 81.1 Å². The summed E-state index contributed by atoms with van der Waals surface area (Å²) in [6, 6.07) is 66.9. The van der Waals surface area contributed by atoms with E-state index in [-0.39, 0.29) is 51.0 Å². The number of aromatic nitrogens is 3. The summed E-state index contributed by atoms with van der Waals surface area (Å²) >= 11 is 0. The maximum absolute atomic E-state index is 4.88. The first-order valence-corrected chi connectivity index (χ1v) is 22.1. The van der Waals surface area contributed by atoms with Crippen molar-refractivity contribution in [1.29, 1.82) is 0 Å². The van der Waals surface area contributed by atoms with Gasteiger partial charge in [-0.1, -0.05) is 155 Å². The maximum Gasteiger partial charge on any atom is 0.0696 e. The molecule has 0 bridgehead atoms. The standard InChI is InChI=1S/C21H21N2.C17H11N2.2C11H8N.2Ir/c1-20(2)14-9-5-7-11-16(14)22-18(20)13-19-21(3,4)15-10-6-8-12-17(15)23-19;1-3-7-14-12(5-1)10-18-16(14)9-17-15-8-4-2-6-13(15)11-19-17;2*1-2-6-10(7-3-1)11-8-4-5-9-12-11;;/h5-13H,1-4H3;1-11H;2*1-6,8-9H;;/q4*-1;;. The third kappa shape index (κ3) is 10.9. The van der Waals surface area contributed by atoms with Crippen molar-refractivity contribution >= 4 is 45.8 Å². The summed E-state index contributed by atoms with van der Waals surface area (Å²) in [6.45, 7) is 8.96. The van der Waals surface area contributed by atoms with E-state index >= 15 is 0 Å². The van der Waals surface area contributed by atoms with Crippen LogP contribution in [0.5, 0.6) is 0 Å². The van der Waals surface area contributed by atoms with E-state index in [9.17, 15) is 0 Å². The molecule has 2 radical (unpaired) electrons. The topological polar surface area (TPSA) is 78.7 Å². The molecule has 0 fully saturated rings. The molecule has 3 aliphatic rings. The molecule has 8 heteroatoms. The van der Waals surface area contributed by atoms with Crippen LogP contribution in [0.3, 0.4) is 0 Å². The minimum atomic E-state index is -0.0794. The molecule has 0 spiro atoms. The molecule has 0 aliphatic carbocycles. The second-order valence-electron chi connectivity index (χ2n) is 17.0. The van der Waals surface area contributed by atoms with Gasteiger partial charge in [0.25, 0.3) is 0 Å². The summed E-state index contributed by atoms with van der Waals surface area (Å²) in [5.74, 6) is 0. The van der Waals surface area contributed by atoms with Gasteiger partial charge in [0.15, 0.2) is 0 Å². The van der Waals surface area contributed by atoms with Crippen molar-refractivity contribution in [2.75, 3.05) is 0 Å². The number of fused-ring (bicyclic) bond motifs is 4. The number of hydrogen-bond acceptors (Lipinski definition) is 4. The summed E-state index contributed by atoms with van der Waals surface area (Å²) in [6.07, 6.45) is 11.6. The van der Waals surface area contributed by atoms with Crippen molar-refractivity contribution in [3.05, 3.63) is 258 Å². The van der Waals surface area contributed by atoms with Crippen LogP contribution in [-0.4, -0.2) is 21.9 Å². The first-order chi connectivity index (χ1) is 32.3. The molecule has 0 saturated carbocycles. The van der Waals surface area contributed by atoms with Gasteiger partial charge in [-0.15, -0.1) is 88.9 Å². The number of rotatable bonds is 4. The number of nitrogens with zero attached hydrogens (tertiary/aromatic N) is 6. The maximum atomic E-state index is 4.88. The summed E-state index contributed by atoms with van der Waals surface area (Å²) in [7, 11) is 0. The van der Waals surface area contributed by atoms with Crippen molar-refractivity contribution in [3.63, 3.8) is 0 Å². The Morgan fingerprint density at radius 2 is 1.13 bits per heavy atom. The summed E-state index contributed by atoms with van der Waals surface area (Å²) < 4.78 is 0. The summed E-state index contributed by atoms with van der Waals surface area (Å²) in [4.78, 5) is 22.3. The van der Waals surface area contributed by atoms with E-state index in [0.717, 1.165) is 56.7 Å². The zero-order valence-corrected chi connectivity index (χ0v) is 42.9. The number of hydrogen-bond donors (Lipinski definition) is 0. The second kappa shape index (κ2) is 22.3. The largest absolute Gasteiger partial charge is 0.663 e. The molecule has 0 amide bonds. The molecule has 3 aromatic heterocycles. The molecule has 6 heterocycles. The van der Waals surface area contributed by atoms with Gasteiger partial charge in [-0.25, -0.2) is 0 Å². The molecule has 0 N–H and O–H groups in total. The molecule has 9 aromatic rings. The second-order valence-corrected chi connectivity index (χ2v) is 17.0. The minimum Gasteiger partial charge on any atom is -0.663 e. The molecule has 340 valence electrons. The number of para-hydroxylation sites is 2. The van der Waals surface area contributed by atoms with E-state index < -0.39 is 0 Å². The molecule has 12 rings (SSSR count). The molecule has 0 atom stereocenters. The van der Waals surface area contributed by atoms with Crippen LogP contribution in [0.15, 0.2) is 222 Å². The Hall–Kier alpha value is -6.92. The predicted octanol–water partition coefficient (Wildman–Crippen LogP) is 14.8. The van der Waals surface area contributed by atoms with Gasteiger partial charge in [0.1, 0.15) is 0 Å². The van der Waals surface area contributed by atoms with Crippen LogP contribution in [0.2, 0.25) is 0 Å². The Labute approximate surface area is 426 Å². The predicted molar refractivity (Wildman–Crippen MR) is 273 cm³/mol. The van der Waals surface area contributed by atoms with Crippen LogP contribution in [0.25, 0.3) is 50.4 Å². The van der Waals surface area contributed by atoms with Crippen molar-refractivity contribution in [3.8, 4) is 22.5 Å².